The number of amides is 4. The van der Waals surface area contributed by atoms with E-state index >= 15 is 0 Å². The topological polar surface area (TPSA) is 82.2 Å². The van der Waals surface area contributed by atoms with E-state index in [0.29, 0.717) is 44.9 Å². The van der Waals surface area contributed by atoms with Gasteiger partial charge in [0.25, 0.3) is 0 Å². The Balaban J connectivity index is 1.19. The summed E-state index contributed by atoms with van der Waals surface area (Å²) in [5.41, 5.74) is 2.70. The van der Waals surface area contributed by atoms with E-state index in [4.69, 9.17) is 4.74 Å². The fraction of sp³-hybridized carbons (Fsp3) is 0.567. The summed E-state index contributed by atoms with van der Waals surface area (Å²) in [6, 6.07) is 7.79. The van der Waals surface area contributed by atoms with Gasteiger partial charge in [-0.15, -0.1) is 11.8 Å². The Bertz CT molecular complexity index is 1180. The lowest BCUT2D eigenvalue weighted by Crippen LogP contribution is -2.51. The minimum atomic E-state index is -1.27. The summed E-state index contributed by atoms with van der Waals surface area (Å²) < 4.78 is 19.8. The highest BCUT2D eigenvalue weighted by atomic mass is 32.2. The highest BCUT2D eigenvalue weighted by Crippen LogP contribution is 2.40. The molecule has 3 aliphatic heterocycles. The Morgan fingerprint density at radius 1 is 1.20 bits per heavy atom. The third-order valence-electron chi connectivity index (χ3n) is 8.26. The average Bonchev–Trinajstić information content (AvgIpc) is 3.26. The number of thioether (sulfide) groups is 1. The number of carbonyl (C=O) groups excluding carboxylic acids is 3. The summed E-state index contributed by atoms with van der Waals surface area (Å²) in [5.74, 6) is 0.317. The molecule has 4 atom stereocenters. The fourth-order valence-corrected chi connectivity index (χ4v) is 7.33. The van der Waals surface area contributed by atoms with Crippen LogP contribution in [-0.2, 0) is 20.9 Å². The number of carbonyl (C=O) groups is 3. The van der Waals surface area contributed by atoms with E-state index in [1.807, 2.05) is 45.0 Å². The molecule has 1 aromatic carbocycles. The maximum Gasteiger partial charge on any atom is 0.322 e. The van der Waals surface area contributed by atoms with Gasteiger partial charge in [-0.3, -0.25) is 9.59 Å². The molecule has 4 aliphatic rings. The van der Waals surface area contributed by atoms with Gasteiger partial charge in [-0.1, -0.05) is 44.2 Å². The molecule has 3 heterocycles. The van der Waals surface area contributed by atoms with Gasteiger partial charge in [-0.05, 0) is 48.5 Å². The van der Waals surface area contributed by atoms with E-state index in [0.717, 1.165) is 23.2 Å². The first-order chi connectivity index (χ1) is 19.2. The lowest BCUT2D eigenvalue weighted by Gasteiger charge is -2.40. The van der Waals surface area contributed by atoms with Crippen molar-refractivity contribution in [2.75, 3.05) is 32.1 Å². The Hall–Kier alpha value is -2.85. The first-order valence-electron chi connectivity index (χ1n) is 14.2. The molecule has 10 heteroatoms. The molecule has 216 valence electrons. The molecule has 0 aromatic heterocycles. The predicted molar refractivity (Wildman–Crippen MR) is 154 cm³/mol. The van der Waals surface area contributed by atoms with E-state index in [1.165, 1.54) is 18.9 Å². The number of hydrogen-bond donors (Lipinski definition) is 1. The number of rotatable bonds is 8. The minimum absolute atomic E-state index is 0.0434. The smallest absolute Gasteiger partial charge is 0.322 e. The van der Waals surface area contributed by atoms with E-state index in [2.05, 4.69) is 19.2 Å². The molecule has 0 spiro atoms. The van der Waals surface area contributed by atoms with Crippen LogP contribution in [-0.4, -0.2) is 88.2 Å². The molecule has 2 fully saturated rings. The van der Waals surface area contributed by atoms with Crippen molar-refractivity contribution in [3.05, 3.63) is 53.6 Å². The largest absolute Gasteiger partial charge is 0.374 e. The zero-order valence-electron chi connectivity index (χ0n) is 23.4. The summed E-state index contributed by atoms with van der Waals surface area (Å²) in [6.45, 7) is 6.46. The number of anilines is 1. The van der Waals surface area contributed by atoms with Gasteiger partial charge in [0.05, 0.1) is 5.25 Å². The number of nitrogens with zero attached hydrogens (tertiary/aromatic N) is 3. The summed E-state index contributed by atoms with van der Waals surface area (Å²) in [5, 5.41) is 2.16. The molecule has 4 amide bonds. The number of halogens is 1. The number of benzene rings is 1. The Morgan fingerprint density at radius 3 is 2.65 bits per heavy atom. The van der Waals surface area contributed by atoms with Gasteiger partial charge in [-0.25, -0.2) is 9.18 Å². The van der Waals surface area contributed by atoms with Crippen LogP contribution in [0.3, 0.4) is 0 Å². The van der Waals surface area contributed by atoms with E-state index in [9.17, 15) is 18.8 Å². The van der Waals surface area contributed by atoms with Crippen molar-refractivity contribution < 1.29 is 23.5 Å². The number of hydrogen-bond acceptors (Lipinski definition) is 5. The van der Waals surface area contributed by atoms with Crippen molar-refractivity contribution in [3.63, 3.8) is 0 Å². The van der Waals surface area contributed by atoms with Crippen LogP contribution < -0.4 is 5.32 Å². The van der Waals surface area contributed by atoms with Crippen molar-refractivity contribution in [1.82, 2.24) is 14.7 Å². The van der Waals surface area contributed by atoms with Gasteiger partial charge in [0.2, 0.25) is 11.8 Å². The summed E-state index contributed by atoms with van der Waals surface area (Å²) >= 11 is 1.45. The molecule has 1 aliphatic carbocycles. The first-order valence-corrected chi connectivity index (χ1v) is 15.2. The zero-order valence-corrected chi connectivity index (χ0v) is 24.2. The molecule has 5 rings (SSSR count). The second-order valence-corrected chi connectivity index (χ2v) is 12.7. The molecule has 1 aromatic rings. The number of alkyl halides is 1. The van der Waals surface area contributed by atoms with E-state index in [-0.39, 0.29) is 35.7 Å². The normalized spacial score (nSPS) is 27.2. The molecule has 0 bridgehead atoms. The quantitative estimate of drug-likeness (QED) is 0.495. The summed E-state index contributed by atoms with van der Waals surface area (Å²) in [6.07, 6.45) is 5.56. The van der Waals surface area contributed by atoms with Crippen molar-refractivity contribution in [2.24, 2.45) is 5.92 Å². The number of piperidine rings is 1. The Kier molecular flexibility index (Phi) is 8.85. The second-order valence-electron chi connectivity index (χ2n) is 11.4. The van der Waals surface area contributed by atoms with Crippen molar-refractivity contribution >= 4 is 35.3 Å². The SMILES string of the molecule is COC1C=CC([C@H]2SC(CC(=O)N3CCC(N4Cc5ccccc5NC4=O)CC3)C(=O)N2CCC(C)C)=CC1F. The lowest BCUT2D eigenvalue weighted by molar-refractivity contribution is -0.136. The number of urea groups is 1. The number of likely N-dealkylation sites (tertiary alicyclic amines) is 1. The van der Waals surface area contributed by atoms with Crippen molar-refractivity contribution in [1.29, 1.82) is 0 Å². The number of fused-ring (bicyclic) bond motifs is 1. The van der Waals surface area contributed by atoms with Gasteiger partial charge in [0.1, 0.15) is 17.6 Å². The Labute approximate surface area is 240 Å². The zero-order chi connectivity index (χ0) is 28.4. The van der Waals surface area contributed by atoms with Crippen molar-refractivity contribution in [2.45, 2.75) is 75.0 Å². The first kappa shape index (κ1) is 28.7. The lowest BCUT2D eigenvalue weighted by atomic mass is 10.0. The van der Waals surface area contributed by atoms with Gasteiger partial charge < -0.3 is 24.8 Å². The molecule has 2 saturated heterocycles. The average molecular weight is 571 g/mol. The molecular formula is C30H39FN4O4S. The monoisotopic (exact) mass is 570 g/mol. The van der Waals surface area contributed by atoms with Gasteiger partial charge in [0.15, 0.2) is 0 Å². The third-order valence-corrected chi connectivity index (χ3v) is 9.74. The van der Waals surface area contributed by atoms with Crippen LogP contribution in [0.5, 0.6) is 0 Å². The number of nitrogens with one attached hydrogen (secondary N) is 1. The molecule has 0 radical (unpaired) electrons. The van der Waals surface area contributed by atoms with Crippen molar-refractivity contribution in [3.8, 4) is 0 Å². The third kappa shape index (κ3) is 6.07. The summed E-state index contributed by atoms with van der Waals surface area (Å²) in [7, 11) is 1.48. The van der Waals surface area contributed by atoms with Gasteiger partial charge >= 0.3 is 6.03 Å². The van der Waals surface area contributed by atoms with Crippen LogP contribution in [0.25, 0.3) is 0 Å². The van der Waals surface area contributed by atoms with Crippen LogP contribution in [0.1, 0.15) is 45.1 Å². The van der Waals surface area contributed by atoms with Gasteiger partial charge in [-0.2, -0.15) is 0 Å². The van der Waals surface area contributed by atoms with E-state index in [1.54, 1.807) is 12.2 Å². The molecule has 40 heavy (non-hydrogen) atoms. The van der Waals surface area contributed by atoms with Gasteiger partial charge in [0, 0.05) is 51.4 Å². The standard InChI is InChI=1S/C30H39FN4O4S/c1-19(2)10-15-34-28(37)26(40-29(34)20-8-9-25(39-3)23(31)16-20)17-27(36)33-13-11-22(12-14-33)35-18-21-6-4-5-7-24(21)32-30(35)38/h4-9,16,19,22-23,25-26,29H,10-15,17-18H2,1-3H3,(H,32,38)/t23?,25?,26?,29-/m1/s1. The van der Waals surface area contributed by atoms with E-state index < -0.39 is 17.5 Å². The second kappa shape index (κ2) is 12.3. The molecule has 1 N–H and O–H groups in total. The fourth-order valence-electron chi connectivity index (χ4n) is 5.86. The molecule has 8 nitrogen and oxygen atoms in total. The van der Waals surface area contributed by atoms with Crippen LogP contribution >= 0.6 is 11.8 Å². The Morgan fingerprint density at radius 2 is 1.95 bits per heavy atom. The highest BCUT2D eigenvalue weighted by Gasteiger charge is 2.44. The maximum absolute atomic E-state index is 14.6. The minimum Gasteiger partial charge on any atom is -0.374 e. The van der Waals surface area contributed by atoms with Crippen LogP contribution in [0.15, 0.2) is 48.1 Å². The number of methoxy groups -OCH3 is 1. The molecule has 0 saturated carbocycles. The molecular weight excluding hydrogens is 531 g/mol. The van der Waals surface area contributed by atoms with Crippen LogP contribution in [0.2, 0.25) is 0 Å². The maximum atomic E-state index is 14.6. The molecule has 3 unspecified atom stereocenters. The highest BCUT2D eigenvalue weighted by molar-refractivity contribution is 8.01. The number of ether oxygens (including phenoxy) is 1. The summed E-state index contributed by atoms with van der Waals surface area (Å²) in [4.78, 5) is 45.1. The van der Waals surface area contributed by atoms with Crippen LogP contribution in [0, 0.1) is 5.92 Å². The number of para-hydroxylation sites is 1. The predicted octanol–water partition coefficient (Wildman–Crippen LogP) is 4.58. The van der Waals surface area contributed by atoms with Crippen LogP contribution in [0.4, 0.5) is 14.9 Å².